The van der Waals surface area contributed by atoms with Crippen molar-refractivity contribution in [2.75, 3.05) is 6.54 Å². The predicted molar refractivity (Wildman–Crippen MR) is 104 cm³/mol. The Morgan fingerprint density at radius 3 is 1.90 bits per heavy atom. The molecule has 0 aromatic carbocycles. The van der Waals surface area contributed by atoms with Crippen molar-refractivity contribution in [2.24, 2.45) is 17.6 Å². The average Bonchev–Trinajstić information content (AvgIpc) is 2.59. The van der Waals surface area contributed by atoms with Gasteiger partial charge in [0.2, 0.25) is 17.7 Å². The highest BCUT2D eigenvalue weighted by Crippen LogP contribution is 2.07. The fourth-order valence-electron chi connectivity index (χ4n) is 2.49. The molecular formula is C18H32N4O7. The van der Waals surface area contributed by atoms with Gasteiger partial charge in [0, 0.05) is 6.42 Å². The van der Waals surface area contributed by atoms with Crippen molar-refractivity contribution in [3.8, 4) is 0 Å². The molecule has 0 aromatic heterocycles. The van der Waals surface area contributed by atoms with Gasteiger partial charge in [-0.25, -0.2) is 0 Å². The van der Waals surface area contributed by atoms with E-state index in [2.05, 4.69) is 16.0 Å². The minimum absolute atomic E-state index is 0.144. The van der Waals surface area contributed by atoms with Gasteiger partial charge in [-0.2, -0.15) is 0 Å². The summed E-state index contributed by atoms with van der Waals surface area (Å²) in [6, 6.07) is -3.13. The van der Waals surface area contributed by atoms with Gasteiger partial charge in [0.25, 0.3) is 0 Å². The summed E-state index contributed by atoms with van der Waals surface area (Å²) in [6.07, 6.45) is -0.191. The third kappa shape index (κ3) is 11.0. The smallest absolute Gasteiger partial charge is 0.322 e. The fraction of sp³-hybridized carbons (Fsp3) is 0.722. The molecule has 0 rings (SSSR count). The van der Waals surface area contributed by atoms with E-state index in [9.17, 15) is 24.0 Å². The average molecular weight is 416 g/mol. The minimum atomic E-state index is -1.24. The monoisotopic (exact) mass is 416 g/mol. The molecule has 3 unspecified atom stereocenters. The summed E-state index contributed by atoms with van der Waals surface area (Å²) in [5, 5.41) is 24.7. The molecule has 0 spiro atoms. The van der Waals surface area contributed by atoms with Crippen LogP contribution in [0.1, 0.15) is 47.0 Å². The lowest BCUT2D eigenvalue weighted by atomic mass is 10.0. The molecule has 0 radical (unpaired) electrons. The van der Waals surface area contributed by atoms with Gasteiger partial charge in [-0.3, -0.25) is 24.0 Å². The highest BCUT2D eigenvalue weighted by Gasteiger charge is 2.30. The van der Waals surface area contributed by atoms with E-state index in [4.69, 9.17) is 15.9 Å². The first-order valence-corrected chi connectivity index (χ1v) is 9.42. The van der Waals surface area contributed by atoms with Crippen LogP contribution < -0.4 is 21.7 Å². The SMILES string of the molecule is CC(C)CC(N)C(=O)NC(CCC(=O)O)C(=O)NC(C(=O)NCC(=O)O)C(C)C. The second-order valence-electron chi connectivity index (χ2n) is 7.57. The number of nitrogens with one attached hydrogen (secondary N) is 3. The quantitative estimate of drug-likeness (QED) is 0.221. The zero-order chi connectivity index (χ0) is 22.7. The first kappa shape index (κ1) is 26.3. The molecule has 0 heterocycles. The van der Waals surface area contributed by atoms with Crippen LogP contribution in [0.3, 0.4) is 0 Å². The maximum atomic E-state index is 12.6. The van der Waals surface area contributed by atoms with Gasteiger partial charge >= 0.3 is 11.9 Å². The van der Waals surface area contributed by atoms with E-state index in [1.807, 2.05) is 13.8 Å². The van der Waals surface area contributed by atoms with Gasteiger partial charge in [-0.05, 0) is 24.7 Å². The molecule has 11 nitrogen and oxygen atoms in total. The Labute approximate surface area is 169 Å². The van der Waals surface area contributed by atoms with Crippen LogP contribution in [-0.2, 0) is 24.0 Å². The van der Waals surface area contributed by atoms with Crippen LogP contribution in [0.4, 0.5) is 0 Å². The number of amides is 3. The number of carbonyl (C=O) groups excluding carboxylic acids is 3. The van der Waals surface area contributed by atoms with Crippen molar-refractivity contribution >= 4 is 29.7 Å². The Bertz CT molecular complexity index is 607. The first-order valence-electron chi connectivity index (χ1n) is 9.42. The second kappa shape index (κ2) is 12.7. The second-order valence-corrected chi connectivity index (χ2v) is 7.57. The number of carboxylic acids is 2. The summed E-state index contributed by atoms with van der Waals surface area (Å²) in [5.74, 6) is -4.67. The summed E-state index contributed by atoms with van der Waals surface area (Å²) >= 11 is 0. The van der Waals surface area contributed by atoms with Gasteiger partial charge in [0.15, 0.2) is 0 Å². The Hall–Kier alpha value is -2.69. The van der Waals surface area contributed by atoms with E-state index < -0.39 is 54.3 Å². The van der Waals surface area contributed by atoms with Crippen LogP contribution in [0.5, 0.6) is 0 Å². The highest BCUT2D eigenvalue weighted by atomic mass is 16.4. The number of rotatable bonds is 13. The molecule has 0 saturated heterocycles. The number of hydrogen-bond acceptors (Lipinski definition) is 6. The molecule has 0 aromatic rings. The maximum Gasteiger partial charge on any atom is 0.322 e. The van der Waals surface area contributed by atoms with Crippen molar-refractivity contribution in [3.63, 3.8) is 0 Å². The van der Waals surface area contributed by atoms with Crippen LogP contribution in [0.25, 0.3) is 0 Å². The third-order valence-corrected chi connectivity index (χ3v) is 4.00. The Balaban J connectivity index is 5.24. The van der Waals surface area contributed by atoms with Gasteiger partial charge in [-0.15, -0.1) is 0 Å². The molecule has 11 heteroatoms. The molecule has 0 aliphatic heterocycles. The topological polar surface area (TPSA) is 188 Å². The molecule has 7 N–H and O–H groups in total. The first-order chi connectivity index (χ1) is 13.3. The van der Waals surface area contributed by atoms with E-state index in [0.717, 1.165) is 0 Å². The number of hydrogen-bond donors (Lipinski definition) is 6. The third-order valence-electron chi connectivity index (χ3n) is 4.00. The maximum absolute atomic E-state index is 12.6. The summed E-state index contributed by atoms with van der Waals surface area (Å²) < 4.78 is 0. The number of carboxylic acid groups (broad SMARTS) is 2. The van der Waals surface area contributed by atoms with Crippen LogP contribution in [0.2, 0.25) is 0 Å². The van der Waals surface area contributed by atoms with E-state index >= 15 is 0 Å². The summed E-state index contributed by atoms with van der Waals surface area (Å²) in [6.45, 7) is 6.44. The van der Waals surface area contributed by atoms with Crippen molar-refractivity contribution in [2.45, 2.75) is 65.1 Å². The molecule has 29 heavy (non-hydrogen) atoms. The molecule has 0 aliphatic rings. The van der Waals surface area contributed by atoms with Crippen LogP contribution in [0.15, 0.2) is 0 Å². The van der Waals surface area contributed by atoms with Crippen molar-refractivity contribution in [1.82, 2.24) is 16.0 Å². The van der Waals surface area contributed by atoms with Gasteiger partial charge in [0.05, 0.1) is 6.04 Å². The van der Waals surface area contributed by atoms with Crippen molar-refractivity contribution in [3.05, 3.63) is 0 Å². The molecule has 3 atom stereocenters. The molecular weight excluding hydrogens is 384 g/mol. The van der Waals surface area contributed by atoms with Crippen LogP contribution in [-0.4, -0.2) is 64.5 Å². The van der Waals surface area contributed by atoms with E-state index in [0.29, 0.717) is 6.42 Å². The molecule has 0 fully saturated rings. The number of aliphatic carboxylic acids is 2. The van der Waals surface area contributed by atoms with E-state index in [-0.39, 0.29) is 24.7 Å². The lowest BCUT2D eigenvalue weighted by Gasteiger charge is -2.26. The zero-order valence-electron chi connectivity index (χ0n) is 17.2. The molecule has 0 saturated carbocycles. The van der Waals surface area contributed by atoms with Crippen molar-refractivity contribution < 1.29 is 34.2 Å². The Kier molecular flexibility index (Phi) is 11.5. The fourth-order valence-corrected chi connectivity index (χ4v) is 2.49. The molecule has 0 bridgehead atoms. The number of carbonyl (C=O) groups is 5. The zero-order valence-corrected chi connectivity index (χ0v) is 17.2. The lowest BCUT2D eigenvalue weighted by Crippen LogP contribution is -2.57. The number of nitrogens with two attached hydrogens (primary N) is 1. The highest BCUT2D eigenvalue weighted by molar-refractivity contribution is 5.94. The summed E-state index contributed by atoms with van der Waals surface area (Å²) in [4.78, 5) is 58.6. The summed E-state index contributed by atoms with van der Waals surface area (Å²) in [7, 11) is 0. The standard InChI is InChI=1S/C18H32N4O7/c1-9(2)7-11(19)16(27)21-12(5-6-13(23)24)17(28)22-15(10(3)4)18(29)20-8-14(25)26/h9-12,15H,5-8,19H2,1-4H3,(H,20,29)(H,21,27)(H,22,28)(H,23,24)(H,25,26). The Morgan fingerprint density at radius 2 is 1.45 bits per heavy atom. The van der Waals surface area contributed by atoms with Crippen LogP contribution >= 0.6 is 0 Å². The predicted octanol–water partition coefficient (Wildman–Crippen LogP) is -0.949. The van der Waals surface area contributed by atoms with Gasteiger partial charge < -0.3 is 31.9 Å². The molecule has 166 valence electrons. The van der Waals surface area contributed by atoms with E-state index in [1.165, 1.54) is 0 Å². The minimum Gasteiger partial charge on any atom is -0.481 e. The largest absolute Gasteiger partial charge is 0.481 e. The molecule has 3 amide bonds. The van der Waals surface area contributed by atoms with Crippen LogP contribution in [0, 0.1) is 11.8 Å². The van der Waals surface area contributed by atoms with E-state index in [1.54, 1.807) is 13.8 Å². The van der Waals surface area contributed by atoms with Gasteiger partial charge in [0.1, 0.15) is 18.6 Å². The normalized spacial score (nSPS) is 14.0. The lowest BCUT2D eigenvalue weighted by molar-refractivity contribution is -0.139. The van der Waals surface area contributed by atoms with Gasteiger partial charge in [-0.1, -0.05) is 27.7 Å². The van der Waals surface area contributed by atoms with Crippen molar-refractivity contribution in [1.29, 1.82) is 0 Å². The summed E-state index contributed by atoms with van der Waals surface area (Å²) in [5.41, 5.74) is 5.81. The molecule has 0 aliphatic carbocycles. The Morgan fingerprint density at radius 1 is 0.862 bits per heavy atom.